The number of rotatable bonds is 7. The van der Waals surface area contributed by atoms with Gasteiger partial charge in [-0.25, -0.2) is 0 Å². The van der Waals surface area contributed by atoms with Crippen LogP contribution in [0.4, 0.5) is 0 Å². The first-order chi connectivity index (χ1) is 9.66. The quantitative estimate of drug-likeness (QED) is 0.661. The molecule has 0 aromatic carbocycles. The number of morpholine rings is 1. The summed E-state index contributed by atoms with van der Waals surface area (Å²) in [5.74, 6) is 0.881. The zero-order valence-electron chi connectivity index (χ0n) is 11.5. The maximum Gasteiger partial charge on any atom is 0.232 e. The summed E-state index contributed by atoms with van der Waals surface area (Å²) in [5, 5.41) is 12.3. The molecule has 2 aliphatic rings. The standard InChI is InChI=1S/C13H22N2O4S/c16-11(10-1-2-10)7-14-12(17)8-20-9-13(18)15-3-5-19-6-4-15/h10-11,16H,1-9H2,(H,14,17). The Hall–Kier alpha value is -0.790. The fourth-order valence-corrected chi connectivity index (χ4v) is 2.80. The average molecular weight is 302 g/mol. The third-order valence-electron chi connectivity index (χ3n) is 3.50. The van der Waals surface area contributed by atoms with Gasteiger partial charge < -0.3 is 20.1 Å². The van der Waals surface area contributed by atoms with Gasteiger partial charge in [0.15, 0.2) is 0 Å². The normalized spacial score (nSPS) is 20.6. The number of ether oxygens (including phenoxy) is 1. The van der Waals surface area contributed by atoms with Crippen LogP contribution in [0.1, 0.15) is 12.8 Å². The lowest BCUT2D eigenvalue weighted by Crippen LogP contribution is -2.41. The van der Waals surface area contributed by atoms with Crippen LogP contribution in [0.3, 0.4) is 0 Å². The second-order valence-electron chi connectivity index (χ2n) is 5.19. The molecule has 2 amide bonds. The van der Waals surface area contributed by atoms with E-state index in [9.17, 15) is 14.7 Å². The van der Waals surface area contributed by atoms with E-state index in [-0.39, 0.29) is 17.6 Å². The van der Waals surface area contributed by atoms with Crippen LogP contribution < -0.4 is 5.32 Å². The van der Waals surface area contributed by atoms with Crippen molar-refractivity contribution in [3.05, 3.63) is 0 Å². The molecule has 114 valence electrons. The highest BCUT2D eigenvalue weighted by molar-refractivity contribution is 8.00. The van der Waals surface area contributed by atoms with Crippen LogP contribution >= 0.6 is 11.8 Å². The van der Waals surface area contributed by atoms with Gasteiger partial charge in [0.05, 0.1) is 30.8 Å². The number of nitrogens with one attached hydrogen (secondary N) is 1. The number of nitrogens with zero attached hydrogens (tertiary/aromatic N) is 1. The molecular weight excluding hydrogens is 280 g/mol. The van der Waals surface area contributed by atoms with Crippen molar-refractivity contribution in [1.29, 1.82) is 0 Å². The van der Waals surface area contributed by atoms with Gasteiger partial charge in [0.25, 0.3) is 0 Å². The molecule has 0 bridgehead atoms. The second kappa shape index (κ2) is 7.85. The zero-order valence-corrected chi connectivity index (χ0v) is 12.4. The third-order valence-corrected chi connectivity index (χ3v) is 4.41. The molecule has 0 radical (unpaired) electrons. The molecule has 1 saturated carbocycles. The summed E-state index contributed by atoms with van der Waals surface area (Å²) in [6.45, 7) is 2.78. The second-order valence-corrected chi connectivity index (χ2v) is 6.18. The highest BCUT2D eigenvalue weighted by Crippen LogP contribution is 2.32. The first-order valence-electron chi connectivity index (χ1n) is 7.05. The van der Waals surface area contributed by atoms with E-state index in [1.54, 1.807) is 4.90 Å². The fourth-order valence-electron chi connectivity index (χ4n) is 2.05. The van der Waals surface area contributed by atoms with Crippen molar-refractivity contribution < 1.29 is 19.4 Å². The third kappa shape index (κ3) is 5.30. The molecule has 1 heterocycles. The molecular formula is C13H22N2O4S. The molecule has 2 N–H and O–H groups in total. The Labute approximate surface area is 123 Å². The van der Waals surface area contributed by atoms with Gasteiger partial charge in [-0.3, -0.25) is 9.59 Å². The lowest BCUT2D eigenvalue weighted by atomic mass is 10.2. The Bertz CT molecular complexity index is 343. The summed E-state index contributed by atoms with van der Waals surface area (Å²) < 4.78 is 5.18. The minimum Gasteiger partial charge on any atom is -0.391 e. The largest absolute Gasteiger partial charge is 0.391 e. The van der Waals surface area contributed by atoms with E-state index >= 15 is 0 Å². The zero-order chi connectivity index (χ0) is 14.4. The van der Waals surface area contributed by atoms with Gasteiger partial charge in [0, 0.05) is 19.6 Å². The molecule has 7 heteroatoms. The number of carbonyl (C=O) groups excluding carboxylic acids is 2. The number of amides is 2. The van der Waals surface area contributed by atoms with Crippen molar-refractivity contribution in [2.75, 3.05) is 44.4 Å². The predicted octanol–water partition coefficient (Wildman–Crippen LogP) is -0.534. The maximum atomic E-state index is 11.8. The topological polar surface area (TPSA) is 78.9 Å². The fraction of sp³-hybridized carbons (Fsp3) is 0.846. The predicted molar refractivity (Wildman–Crippen MR) is 76.5 cm³/mol. The van der Waals surface area contributed by atoms with Crippen LogP contribution in [0.2, 0.25) is 0 Å². The van der Waals surface area contributed by atoms with Crippen molar-refractivity contribution in [2.24, 2.45) is 5.92 Å². The molecule has 0 spiro atoms. The maximum absolute atomic E-state index is 11.8. The highest BCUT2D eigenvalue weighted by atomic mass is 32.2. The minimum atomic E-state index is -0.418. The molecule has 1 atom stereocenters. The van der Waals surface area contributed by atoms with Gasteiger partial charge in [-0.2, -0.15) is 0 Å². The number of hydrogen-bond acceptors (Lipinski definition) is 5. The summed E-state index contributed by atoms with van der Waals surface area (Å²) >= 11 is 1.31. The molecule has 6 nitrogen and oxygen atoms in total. The Kier molecular flexibility index (Phi) is 6.12. The van der Waals surface area contributed by atoms with Gasteiger partial charge in [0.1, 0.15) is 0 Å². The molecule has 1 aliphatic heterocycles. The SMILES string of the molecule is O=C(CSCC(=O)N1CCOCC1)NCC(O)C1CC1. The molecule has 20 heavy (non-hydrogen) atoms. The van der Waals surface area contributed by atoms with Crippen LogP contribution in [0.25, 0.3) is 0 Å². The summed E-state index contributed by atoms with van der Waals surface area (Å²) in [7, 11) is 0. The highest BCUT2D eigenvalue weighted by Gasteiger charge is 2.29. The van der Waals surface area contributed by atoms with Gasteiger partial charge in [-0.1, -0.05) is 0 Å². The molecule has 1 aliphatic carbocycles. The van der Waals surface area contributed by atoms with E-state index in [1.807, 2.05) is 0 Å². The Morgan fingerprint density at radius 2 is 2.00 bits per heavy atom. The Morgan fingerprint density at radius 3 is 2.65 bits per heavy atom. The molecule has 2 rings (SSSR count). The summed E-state index contributed by atoms with van der Waals surface area (Å²) in [6.07, 6.45) is 1.69. The number of aliphatic hydroxyl groups is 1. The van der Waals surface area contributed by atoms with E-state index < -0.39 is 6.10 Å². The Morgan fingerprint density at radius 1 is 1.30 bits per heavy atom. The molecule has 2 fully saturated rings. The number of aliphatic hydroxyl groups excluding tert-OH is 1. The lowest BCUT2D eigenvalue weighted by molar-refractivity contribution is -0.132. The minimum absolute atomic E-state index is 0.0594. The first kappa shape index (κ1) is 15.6. The molecule has 1 saturated heterocycles. The van der Waals surface area contributed by atoms with Crippen molar-refractivity contribution in [3.63, 3.8) is 0 Å². The molecule has 0 aromatic heterocycles. The van der Waals surface area contributed by atoms with Crippen molar-refractivity contribution in [1.82, 2.24) is 10.2 Å². The number of thioether (sulfide) groups is 1. The van der Waals surface area contributed by atoms with Crippen molar-refractivity contribution in [3.8, 4) is 0 Å². The summed E-state index contributed by atoms with van der Waals surface area (Å²) in [4.78, 5) is 25.2. The van der Waals surface area contributed by atoms with E-state index in [0.29, 0.717) is 44.5 Å². The lowest BCUT2D eigenvalue weighted by Gasteiger charge is -2.26. The van der Waals surface area contributed by atoms with E-state index in [0.717, 1.165) is 12.8 Å². The Balaban J connectivity index is 1.52. The monoisotopic (exact) mass is 302 g/mol. The van der Waals surface area contributed by atoms with Gasteiger partial charge in [0.2, 0.25) is 11.8 Å². The molecule has 0 aromatic rings. The van der Waals surface area contributed by atoms with E-state index in [1.165, 1.54) is 11.8 Å². The van der Waals surface area contributed by atoms with E-state index in [4.69, 9.17) is 4.74 Å². The summed E-state index contributed by atoms with van der Waals surface area (Å²) in [6, 6.07) is 0. The molecule has 1 unspecified atom stereocenters. The van der Waals surface area contributed by atoms with Crippen molar-refractivity contribution >= 4 is 23.6 Å². The van der Waals surface area contributed by atoms with Gasteiger partial charge in [-0.05, 0) is 18.8 Å². The van der Waals surface area contributed by atoms with Crippen LogP contribution in [-0.4, -0.2) is 72.3 Å². The van der Waals surface area contributed by atoms with Crippen LogP contribution in [0, 0.1) is 5.92 Å². The van der Waals surface area contributed by atoms with Crippen molar-refractivity contribution in [2.45, 2.75) is 18.9 Å². The van der Waals surface area contributed by atoms with Crippen LogP contribution in [-0.2, 0) is 14.3 Å². The number of hydrogen-bond donors (Lipinski definition) is 2. The smallest absolute Gasteiger partial charge is 0.232 e. The summed E-state index contributed by atoms with van der Waals surface area (Å²) in [5.41, 5.74) is 0. The van der Waals surface area contributed by atoms with Crippen LogP contribution in [0.15, 0.2) is 0 Å². The van der Waals surface area contributed by atoms with E-state index in [2.05, 4.69) is 5.32 Å². The average Bonchev–Trinajstić information content (AvgIpc) is 3.30. The van der Waals surface area contributed by atoms with Gasteiger partial charge in [-0.15, -0.1) is 11.8 Å². The first-order valence-corrected chi connectivity index (χ1v) is 8.20. The van der Waals surface area contributed by atoms with Crippen LogP contribution in [0.5, 0.6) is 0 Å². The number of carbonyl (C=O) groups is 2. The van der Waals surface area contributed by atoms with Gasteiger partial charge >= 0.3 is 0 Å².